The second-order valence-corrected chi connectivity index (χ2v) is 6.47. The summed E-state index contributed by atoms with van der Waals surface area (Å²) in [4.78, 5) is 13.3. The van der Waals surface area contributed by atoms with Gasteiger partial charge in [0.15, 0.2) is 0 Å². The van der Waals surface area contributed by atoms with Gasteiger partial charge in [0.05, 0.1) is 0 Å². The van der Waals surface area contributed by atoms with Gasteiger partial charge in [-0.05, 0) is 64.0 Å². The lowest BCUT2D eigenvalue weighted by Gasteiger charge is -2.31. The summed E-state index contributed by atoms with van der Waals surface area (Å²) in [5.41, 5.74) is 0. The molecule has 3 nitrogen and oxygen atoms in total. The van der Waals surface area contributed by atoms with Crippen LogP contribution in [0.5, 0.6) is 0 Å². The molecule has 1 aliphatic heterocycles. The zero-order chi connectivity index (χ0) is 15.5. The van der Waals surface area contributed by atoms with Crippen LogP contribution in [0.4, 0.5) is 13.2 Å². The van der Waals surface area contributed by atoms with Crippen molar-refractivity contribution in [3.63, 3.8) is 0 Å². The Kier molecular flexibility index (Phi) is 5.52. The summed E-state index contributed by atoms with van der Waals surface area (Å²) in [5, 5.41) is 3.27. The predicted molar refractivity (Wildman–Crippen MR) is 74.8 cm³/mol. The van der Waals surface area contributed by atoms with Gasteiger partial charge in [-0.3, -0.25) is 4.79 Å². The SMILES string of the molecule is CC(C1CC1)N(CC(F)(F)F)C(=O)CCC1CCCNC1. The van der Waals surface area contributed by atoms with Gasteiger partial charge < -0.3 is 10.2 Å². The zero-order valence-electron chi connectivity index (χ0n) is 12.6. The van der Waals surface area contributed by atoms with Crippen LogP contribution in [-0.2, 0) is 4.79 Å². The number of amides is 1. The maximum absolute atomic E-state index is 12.7. The number of piperidine rings is 1. The maximum Gasteiger partial charge on any atom is 0.406 e. The van der Waals surface area contributed by atoms with Crippen LogP contribution < -0.4 is 5.32 Å². The van der Waals surface area contributed by atoms with Crippen LogP contribution in [0.1, 0.15) is 45.4 Å². The third kappa shape index (κ3) is 5.49. The zero-order valence-corrected chi connectivity index (χ0v) is 12.6. The van der Waals surface area contributed by atoms with E-state index in [4.69, 9.17) is 0 Å². The molecule has 2 fully saturated rings. The largest absolute Gasteiger partial charge is 0.406 e. The molecule has 1 saturated heterocycles. The smallest absolute Gasteiger partial charge is 0.331 e. The number of hydrogen-bond acceptors (Lipinski definition) is 2. The van der Waals surface area contributed by atoms with E-state index in [0.29, 0.717) is 12.3 Å². The van der Waals surface area contributed by atoms with Gasteiger partial charge >= 0.3 is 6.18 Å². The minimum atomic E-state index is -4.31. The second kappa shape index (κ2) is 6.99. The number of hydrogen-bond donors (Lipinski definition) is 1. The number of halogens is 3. The molecule has 2 unspecified atom stereocenters. The van der Waals surface area contributed by atoms with E-state index >= 15 is 0 Å². The van der Waals surface area contributed by atoms with Crippen LogP contribution in [-0.4, -0.2) is 42.7 Å². The Hall–Kier alpha value is -0.780. The van der Waals surface area contributed by atoms with Crippen LogP contribution >= 0.6 is 0 Å². The molecule has 1 amide bonds. The first-order valence-corrected chi connectivity index (χ1v) is 7.94. The van der Waals surface area contributed by atoms with E-state index in [1.165, 1.54) is 0 Å². The minimum absolute atomic E-state index is 0.236. The van der Waals surface area contributed by atoms with Gasteiger partial charge in [-0.1, -0.05) is 0 Å². The van der Waals surface area contributed by atoms with Crippen molar-refractivity contribution >= 4 is 5.91 Å². The Balaban J connectivity index is 1.86. The number of carbonyl (C=O) groups excluding carboxylic acids is 1. The van der Waals surface area contributed by atoms with Gasteiger partial charge in [0.25, 0.3) is 0 Å². The summed E-state index contributed by atoms with van der Waals surface area (Å²) < 4.78 is 38.1. The molecular weight excluding hydrogens is 281 g/mol. The van der Waals surface area contributed by atoms with Crippen molar-refractivity contribution in [2.24, 2.45) is 11.8 Å². The molecule has 0 bridgehead atoms. The Bertz CT molecular complexity index is 349. The quantitative estimate of drug-likeness (QED) is 0.818. The average molecular weight is 306 g/mol. The first kappa shape index (κ1) is 16.6. The summed E-state index contributed by atoms with van der Waals surface area (Å²) >= 11 is 0. The van der Waals surface area contributed by atoms with Crippen molar-refractivity contribution in [1.29, 1.82) is 0 Å². The molecule has 1 heterocycles. The molecular formula is C15H25F3N2O. The van der Waals surface area contributed by atoms with Crippen molar-refractivity contribution in [3.8, 4) is 0 Å². The third-order valence-corrected chi connectivity index (χ3v) is 4.63. The lowest BCUT2D eigenvalue weighted by Crippen LogP contribution is -2.45. The van der Waals surface area contributed by atoms with Gasteiger partial charge in [0.1, 0.15) is 6.54 Å². The summed E-state index contributed by atoms with van der Waals surface area (Å²) in [6, 6.07) is -0.288. The lowest BCUT2D eigenvalue weighted by atomic mass is 9.94. The highest BCUT2D eigenvalue weighted by molar-refractivity contribution is 5.76. The van der Waals surface area contributed by atoms with Gasteiger partial charge in [-0.2, -0.15) is 13.2 Å². The summed E-state index contributed by atoms with van der Waals surface area (Å²) in [6.07, 6.45) is 0.647. The highest BCUT2D eigenvalue weighted by atomic mass is 19.4. The fourth-order valence-electron chi connectivity index (χ4n) is 3.13. The number of nitrogens with zero attached hydrogens (tertiary/aromatic N) is 1. The van der Waals surface area contributed by atoms with Crippen LogP contribution in [0.15, 0.2) is 0 Å². The molecule has 2 aliphatic rings. The van der Waals surface area contributed by atoms with E-state index in [1.807, 2.05) is 0 Å². The first-order chi connectivity index (χ1) is 9.87. The fraction of sp³-hybridized carbons (Fsp3) is 0.933. The highest BCUT2D eigenvalue weighted by Crippen LogP contribution is 2.36. The van der Waals surface area contributed by atoms with E-state index in [-0.39, 0.29) is 24.3 Å². The number of carbonyl (C=O) groups is 1. The van der Waals surface area contributed by atoms with Crippen LogP contribution in [0.25, 0.3) is 0 Å². The van der Waals surface area contributed by atoms with Crippen LogP contribution in [0, 0.1) is 11.8 Å². The molecule has 1 aliphatic carbocycles. The molecule has 0 spiro atoms. The second-order valence-electron chi connectivity index (χ2n) is 6.47. The van der Waals surface area contributed by atoms with Gasteiger partial charge in [-0.25, -0.2) is 0 Å². The first-order valence-electron chi connectivity index (χ1n) is 7.94. The molecule has 2 rings (SSSR count). The Morgan fingerprint density at radius 1 is 1.33 bits per heavy atom. The molecule has 0 aromatic heterocycles. The van der Waals surface area contributed by atoms with Crippen molar-refractivity contribution in [1.82, 2.24) is 10.2 Å². The standard InChI is InChI=1S/C15H25F3N2O/c1-11(13-5-6-13)20(10-15(16,17)18)14(21)7-4-12-3-2-8-19-9-12/h11-13,19H,2-10H2,1H3. The Morgan fingerprint density at radius 2 is 2.05 bits per heavy atom. The lowest BCUT2D eigenvalue weighted by molar-refractivity contribution is -0.166. The fourth-order valence-corrected chi connectivity index (χ4v) is 3.13. The van der Waals surface area contributed by atoms with E-state index < -0.39 is 12.7 Å². The van der Waals surface area contributed by atoms with Crippen LogP contribution in [0.2, 0.25) is 0 Å². The van der Waals surface area contributed by atoms with E-state index in [2.05, 4.69) is 5.32 Å². The van der Waals surface area contributed by atoms with Gasteiger partial charge in [0, 0.05) is 12.5 Å². The molecule has 0 aromatic rings. The van der Waals surface area contributed by atoms with Crippen LogP contribution in [0.3, 0.4) is 0 Å². The molecule has 1 saturated carbocycles. The molecule has 1 N–H and O–H groups in total. The molecule has 0 aromatic carbocycles. The van der Waals surface area contributed by atoms with Gasteiger partial charge in [0.2, 0.25) is 5.91 Å². The van der Waals surface area contributed by atoms with E-state index in [1.54, 1.807) is 6.92 Å². The molecule has 21 heavy (non-hydrogen) atoms. The molecule has 122 valence electrons. The predicted octanol–water partition coefficient (Wildman–Crippen LogP) is 2.96. The number of alkyl halides is 3. The monoisotopic (exact) mass is 306 g/mol. The normalized spacial score (nSPS) is 24.7. The molecule has 2 atom stereocenters. The van der Waals surface area contributed by atoms with Crippen molar-refractivity contribution in [2.75, 3.05) is 19.6 Å². The Labute approximate surface area is 124 Å². The summed E-state index contributed by atoms with van der Waals surface area (Å²) in [7, 11) is 0. The summed E-state index contributed by atoms with van der Waals surface area (Å²) in [5.74, 6) is 0.344. The van der Waals surface area contributed by atoms with E-state index in [9.17, 15) is 18.0 Å². The van der Waals surface area contributed by atoms with E-state index in [0.717, 1.165) is 43.7 Å². The third-order valence-electron chi connectivity index (χ3n) is 4.63. The van der Waals surface area contributed by atoms with Crippen molar-refractivity contribution in [2.45, 2.75) is 57.7 Å². The average Bonchev–Trinajstić information content (AvgIpc) is 3.26. The van der Waals surface area contributed by atoms with Crippen molar-refractivity contribution < 1.29 is 18.0 Å². The minimum Gasteiger partial charge on any atom is -0.331 e. The van der Waals surface area contributed by atoms with Crippen molar-refractivity contribution in [3.05, 3.63) is 0 Å². The number of rotatable bonds is 6. The highest BCUT2D eigenvalue weighted by Gasteiger charge is 2.40. The molecule has 6 heteroatoms. The summed E-state index contributed by atoms with van der Waals surface area (Å²) in [6.45, 7) is 2.53. The number of nitrogens with one attached hydrogen (secondary N) is 1. The maximum atomic E-state index is 12.7. The van der Waals surface area contributed by atoms with Gasteiger partial charge in [-0.15, -0.1) is 0 Å². The topological polar surface area (TPSA) is 32.3 Å². The molecule has 0 radical (unpaired) electrons. The Morgan fingerprint density at radius 3 is 2.57 bits per heavy atom.